The fourth-order valence-corrected chi connectivity index (χ4v) is 1.80. The standard InChI is InChI=1S/C16H25NO/c1-3-5-6-7-8-9-10-14-17(13-4-2)16(18)15-11-12-15/h4-6,9-10,15H,2-3,7-8,11-14H2,1H3. The highest BCUT2D eigenvalue weighted by molar-refractivity contribution is 5.81. The van der Waals surface area contributed by atoms with Crippen molar-refractivity contribution in [3.8, 4) is 0 Å². The molecule has 1 saturated carbocycles. The van der Waals surface area contributed by atoms with Gasteiger partial charge in [-0.2, -0.15) is 0 Å². The predicted octanol–water partition coefficient (Wildman–Crippen LogP) is 3.71. The van der Waals surface area contributed by atoms with Crippen LogP contribution in [0, 0.1) is 5.92 Å². The first kappa shape index (κ1) is 14.7. The maximum absolute atomic E-state index is 11.9. The van der Waals surface area contributed by atoms with Gasteiger partial charge < -0.3 is 4.90 Å². The summed E-state index contributed by atoms with van der Waals surface area (Å²) in [7, 11) is 0. The molecule has 0 bridgehead atoms. The minimum absolute atomic E-state index is 0.297. The van der Waals surface area contributed by atoms with Gasteiger partial charge in [-0.25, -0.2) is 0 Å². The Morgan fingerprint density at radius 1 is 1.17 bits per heavy atom. The molecule has 0 spiro atoms. The van der Waals surface area contributed by atoms with Gasteiger partial charge in [-0.1, -0.05) is 37.3 Å². The normalized spacial score (nSPS) is 15.4. The maximum atomic E-state index is 11.9. The first-order valence-corrected chi connectivity index (χ1v) is 6.99. The molecule has 1 fully saturated rings. The molecule has 2 nitrogen and oxygen atoms in total. The third kappa shape index (κ3) is 5.85. The lowest BCUT2D eigenvalue weighted by Gasteiger charge is -2.18. The average Bonchev–Trinajstić information content (AvgIpc) is 3.20. The molecule has 1 rings (SSSR count). The van der Waals surface area contributed by atoms with Crippen LogP contribution in [-0.4, -0.2) is 23.9 Å². The van der Waals surface area contributed by atoms with Crippen molar-refractivity contribution < 1.29 is 4.79 Å². The number of carbonyl (C=O) groups is 1. The first-order chi connectivity index (χ1) is 8.79. The quantitative estimate of drug-likeness (QED) is 0.449. The van der Waals surface area contributed by atoms with Gasteiger partial charge in [-0.15, -0.1) is 6.58 Å². The van der Waals surface area contributed by atoms with Crippen LogP contribution in [-0.2, 0) is 4.79 Å². The Bertz CT molecular complexity index is 313. The molecule has 0 atom stereocenters. The molecule has 0 radical (unpaired) electrons. The summed E-state index contributed by atoms with van der Waals surface area (Å²) in [6, 6.07) is 0. The zero-order chi connectivity index (χ0) is 13.2. The largest absolute Gasteiger partial charge is 0.335 e. The maximum Gasteiger partial charge on any atom is 0.226 e. The Balaban J connectivity index is 2.23. The van der Waals surface area contributed by atoms with Gasteiger partial charge >= 0.3 is 0 Å². The zero-order valence-corrected chi connectivity index (χ0v) is 11.5. The number of carbonyl (C=O) groups excluding carboxylic acids is 1. The predicted molar refractivity (Wildman–Crippen MR) is 77.3 cm³/mol. The second-order valence-electron chi connectivity index (χ2n) is 4.73. The summed E-state index contributed by atoms with van der Waals surface area (Å²) in [5, 5.41) is 0. The summed E-state index contributed by atoms with van der Waals surface area (Å²) < 4.78 is 0. The van der Waals surface area contributed by atoms with Crippen molar-refractivity contribution in [3.05, 3.63) is 37.0 Å². The number of unbranched alkanes of at least 4 members (excludes halogenated alkanes) is 1. The number of nitrogens with zero attached hydrogens (tertiary/aromatic N) is 1. The van der Waals surface area contributed by atoms with Crippen molar-refractivity contribution >= 4 is 5.91 Å². The van der Waals surface area contributed by atoms with Crippen LogP contribution in [0.2, 0.25) is 0 Å². The Labute approximate surface area is 111 Å². The van der Waals surface area contributed by atoms with Crippen LogP contribution in [0.4, 0.5) is 0 Å². The Kier molecular flexibility index (Phi) is 7.16. The SMILES string of the molecule is C=CCN(CC=CCCC=CCC)C(=O)C1CC1. The molecule has 1 aliphatic rings. The van der Waals surface area contributed by atoms with Crippen LogP contribution in [0.1, 0.15) is 39.0 Å². The van der Waals surface area contributed by atoms with Crippen molar-refractivity contribution in [1.82, 2.24) is 4.90 Å². The van der Waals surface area contributed by atoms with E-state index in [2.05, 4.69) is 37.8 Å². The molecule has 0 saturated heterocycles. The van der Waals surface area contributed by atoms with Crippen molar-refractivity contribution in [2.24, 2.45) is 5.92 Å². The minimum atomic E-state index is 0.297. The molecule has 1 aliphatic carbocycles. The van der Waals surface area contributed by atoms with Crippen LogP contribution in [0.25, 0.3) is 0 Å². The highest BCUT2D eigenvalue weighted by Crippen LogP contribution is 2.30. The second-order valence-corrected chi connectivity index (χ2v) is 4.73. The van der Waals surface area contributed by atoms with E-state index in [0.29, 0.717) is 18.4 Å². The summed E-state index contributed by atoms with van der Waals surface area (Å²) >= 11 is 0. The van der Waals surface area contributed by atoms with Gasteiger partial charge in [0.2, 0.25) is 5.91 Å². The van der Waals surface area contributed by atoms with Gasteiger partial charge in [0, 0.05) is 19.0 Å². The van der Waals surface area contributed by atoms with Crippen molar-refractivity contribution in [3.63, 3.8) is 0 Å². The Morgan fingerprint density at radius 3 is 2.39 bits per heavy atom. The van der Waals surface area contributed by atoms with E-state index in [-0.39, 0.29) is 0 Å². The van der Waals surface area contributed by atoms with Crippen molar-refractivity contribution in [2.45, 2.75) is 39.0 Å². The van der Waals surface area contributed by atoms with Crippen molar-refractivity contribution in [2.75, 3.05) is 13.1 Å². The third-order valence-electron chi connectivity index (χ3n) is 2.98. The van der Waals surface area contributed by atoms with E-state index in [4.69, 9.17) is 0 Å². The first-order valence-electron chi connectivity index (χ1n) is 6.99. The van der Waals surface area contributed by atoms with Gasteiger partial charge in [0.1, 0.15) is 0 Å². The van der Waals surface area contributed by atoms with Gasteiger partial charge in [0.05, 0.1) is 0 Å². The molecule has 0 N–H and O–H groups in total. The van der Waals surface area contributed by atoms with Gasteiger partial charge in [-0.05, 0) is 32.1 Å². The molecule has 0 unspecified atom stereocenters. The lowest BCUT2D eigenvalue weighted by Crippen LogP contribution is -2.32. The van der Waals surface area contributed by atoms with Gasteiger partial charge in [-0.3, -0.25) is 4.79 Å². The summed E-state index contributed by atoms with van der Waals surface area (Å²) in [6.07, 6.45) is 15.8. The molecule has 2 heteroatoms. The van der Waals surface area contributed by atoms with Crippen LogP contribution < -0.4 is 0 Å². The lowest BCUT2D eigenvalue weighted by molar-refractivity contribution is -0.131. The van der Waals surface area contributed by atoms with Gasteiger partial charge in [0.15, 0.2) is 0 Å². The van der Waals surface area contributed by atoms with Crippen LogP contribution in [0.5, 0.6) is 0 Å². The second kappa shape index (κ2) is 8.73. The number of amides is 1. The van der Waals surface area contributed by atoms with E-state index in [1.807, 2.05) is 4.90 Å². The number of rotatable bonds is 9. The molecule has 0 aliphatic heterocycles. The molecule has 18 heavy (non-hydrogen) atoms. The number of allylic oxidation sites excluding steroid dienone is 3. The number of hydrogen-bond acceptors (Lipinski definition) is 1. The zero-order valence-electron chi connectivity index (χ0n) is 11.5. The lowest BCUT2D eigenvalue weighted by atomic mass is 10.2. The molecule has 100 valence electrons. The summed E-state index contributed by atoms with van der Waals surface area (Å²) in [5.41, 5.74) is 0. The molecule has 0 heterocycles. The van der Waals surface area contributed by atoms with E-state index in [0.717, 1.165) is 38.6 Å². The summed E-state index contributed by atoms with van der Waals surface area (Å²) in [4.78, 5) is 13.8. The van der Waals surface area contributed by atoms with E-state index < -0.39 is 0 Å². The molecule has 0 aromatic rings. The van der Waals surface area contributed by atoms with Crippen LogP contribution in [0.15, 0.2) is 37.0 Å². The Morgan fingerprint density at radius 2 is 1.83 bits per heavy atom. The van der Waals surface area contributed by atoms with E-state index in [1.54, 1.807) is 6.08 Å². The highest BCUT2D eigenvalue weighted by atomic mass is 16.2. The average molecular weight is 247 g/mol. The fraction of sp³-hybridized carbons (Fsp3) is 0.562. The molecule has 0 aromatic carbocycles. The summed E-state index contributed by atoms with van der Waals surface area (Å²) in [6.45, 7) is 7.24. The monoisotopic (exact) mass is 247 g/mol. The van der Waals surface area contributed by atoms with Crippen LogP contribution in [0.3, 0.4) is 0 Å². The van der Waals surface area contributed by atoms with E-state index >= 15 is 0 Å². The Hall–Kier alpha value is -1.31. The molecular weight excluding hydrogens is 222 g/mol. The summed E-state index contributed by atoms with van der Waals surface area (Å²) in [5.74, 6) is 0.594. The molecular formula is C16H25NO. The van der Waals surface area contributed by atoms with Crippen LogP contribution >= 0.6 is 0 Å². The number of hydrogen-bond donors (Lipinski definition) is 0. The third-order valence-corrected chi connectivity index (χ3v) is 2.98. The molecule has 0 aromatic heterocycles. The smallest absolute Gasteiger partial charge is 0.226 e. The van der Waals surface area contributed by atoms with E-state index in [1.165, 1.54) is 0 Å². The van der Waals surface area contributed by atoms with Gasteiger partial charge in [0.25, 0.3) is 0 Å². The fourth-order valence-electron chi connectivity index (χ4n) is 1.80. The van der Waals surface area contributed by atoms with Crippen molar-refractivity contribution in [1.29, 1.82) is 0 Å². The van der Waals surface area contributed by atoms with E-state index in [9.17, 15) is 4.79 Å². The topological polar surface area (TPSA) is 20.3 Å². The highest BCUT2D eigenvalue weighted by Gasteiger charge is 2.32. The molecule has 1 amide bonds. The minimum Gasteiger partial charge on any atom is -0.335 e.